The van der Waals surface area contributed by atoms with Gasteiger partial charge in [-0.1, -0.05) is 20.8 Å². The molecule has 0 radical (unpaired) electrons. The molecule has 2 heterocycles. The number of aryl methyl sites for hydroxylation is 1. The van der Waals surface area contributed by atoms with Gasteiger partial charge in [-0.15, -0.1) is 11.3 Å². The van der Waals surface area contributed by atoms with Crippen LogP contribution in [0.4, 0.5) is 5.13 Å². The largest absolute Gasteiger partial charge is 0.345 e. The topological polar surface area (TPSA) is 28.2 Å². The fraction of sp³-hybridized carbons (Fsp3) is 0.824. The van der Waals surface area contributed by atoms with Crippen molar-refractivity contribution in [3.8, 4) is 0 Å². The van der Waals surface area contributed by atoms with Crippen LogP contribution in [0.1, 0.15) is 64.1 Å². The first kappa shape index (κ1) is 16.8. The van der Waals surface area contributed by atoms with Crippen LogP contribution in [0, 0.1) is 18.8 Å². The summed E-state index contributed by atoms with van der Waals surface area (Å²) in [5.41, 5.74) is 1.20. The van der Waals surface area contributed by atoms with Crippen molar-refractivity contribution in [1.82, 2.24) is 10.3 Å². The third-order valence-electron chi connectivity index (χ3n) is 4.76. The van der Waals surface area contributed by atoms with Gasteiger partial charge in [0.1, 0.15) is 0 Å². The van der Waals surface area contributed by atoms with Gasteiger partial charge in [0.2, 0.25) is 0 Å². The van der Waals surface area contributed by atoms with Gasteiger partial charge < -0.3 is 10.2 Å². The van der Waals surface area contributed by atoms with Crippen LogP contribution in [0.15, 0.2) is 0 Å². The number of anilines is 1. The van der Waals surface area contributed by atoms with Gasteiger partial charge in [-0.25, -0.2) is 4.98 Å². The number of piperidine rings is 1. The van der Waals surface area contributed by atoms with E-state index in [1.165, 1.54) is 28.5 Å². The van der Waals surface area contributed by atoms with Crippen LogP contribution in [0.2, 0.25) is 0 Å². The minimum atomic E-state index is 0.408. The Morgan fingerprint density at radius 3 is 2.76 bits per heavy atom. The lowest BCUT2D eigenvalue weighted by Gasteiger charge is -2.41. The van der Waals surface area contributed by atoms with Crippen LogP contribution < -0.4 is 10.2 Å². The molecule has 1 aromatic rings. The van der Waals surface area contributed by atoms with Crippen molar-refractivity contribution >= 4 is 16.5 Å². The average molecular weight is 310 g/mol. The van der Waals surface area contributed by atoms with Gasteiger partial charge in [-0.2, -0.15) is 0 Å². The van der Waals surface area contributed by atoms with Crippen molar-refractivity contribution < 1.29 is 0 Å². The quantitative estimate of drug-likeness (QED) is 0.874. The number of aromatic nitrogens is 1. The molecule has 0 amide bonds. The Balaban J connectivity index is 2.17. The van der Waals surface area contributed by atoms with Crippen molar-refractivity contribution in [2.24, 2.45) is 11.8 Å². The molecule has 0 aliphatic carbocycles. The highest BCUT2D eigenvalue weighted by Crippen LogP contribution is 2.36. The Kier molecular flexibility index (Phi) is 5.67. The first-order valence-electron chi connectivity index (χ1n) is 8.41. The second-order valence-electron chi connectivity index (χ2n) is 6.83. The predicted molar refractivity (Wildman–Crippen MR) is 93.3 cm³/mol. The molecule has 0 aromatic carbocycles. The monoisotopic (exact) mass is 309 g/mol. The van der Waals surface area contributed by atoms with E-state index in [0.29, 0.717) is 12.1 Å². The molecule has 1 fully saturated rings. The van der Waals surface area contributed by atoms with Crippen LogP contribution >= 0.6 is 11.3 Å². The molecule has 2 rings (SSSR count). The summed E-state index contributed by atoms with van der Waals surface area (Å²) in [4.78, 5) is 8.82. The lowest BCUT2D eigenvalue weighted by atomic mass is 9.86. The van der Waals surface area contributed by atoms with Gasteiger partial charge in [-0.05, 0) is 52.0 Å². The summed E-state index contributed by atoms with van der Waals surface area (Å²) in [5, 5.41) is 4.81. The van der Waals surface area contributed by atoms with E-state index >= 15 is 0 Å². The van der Waals surface area contributed by atoms with Gasteiger partial charge >= 0.3 is 0 Å². The maximum Gasteiger partial charge on any atom is 0.186 e. The highest BCUT2D eigenvalue weighted by molar-refractivity contribution is 7.15. The summed E-state index contributed by atoms with van der Waals surface area (Å²) >= 11 is 1.88. The molecule has 1 saturated heterocycles. The Bertz CT molecular complexity index is 457. The molecule has 0 bridgehead atoms. The van der Waals surface area contributed by atoms with Gasteiger partial charge in [0.25, 0.3) is 0 Å². The Hall–Kier alpha value is -0.610. The molecule has 4 heteroatoms. The highest BCUT2D eigenvalue weighted by Gasteiger charge is 2.31. The summed E-state index contributed by atoms with van der Waals surface area (Å²) in [6, 6.07) is 1.00. The van der Waals surface area contributed by atoms with Crippen molar-refractivity contribution in [2.45, 2.75) is 66.5 Å². The first-order chi connectivity index (χ1) is 9.93. The third-order valence-corrected chi connectivity index (χ3v) is 6.14. The number of nitrogens with zero attached hydrogens (tertiary/aromatic N) is 2. The summed E-state index contributed by atoms with van der Waals surface area (Å²) in [7, 11) is 0. The first-order valence-corrected chi connectivity index (χ1v) is 9.23. The Labute approximate surface area is 134 Å². The van der Waals surface area contributed by atoms with E-state index < -0.39 is 0 Å². The Morgan fingerprint density at radius 2 is 2.10 bits per heavy atom. The number of nitrogens with one attached hydrogen (secondary N) is 1. The number of hydrogen-bond donors (Lipinski definition) is 1. The molecule has 21 heavy (non-hydrogen) atoms. The second-order valence-corrected chi connectivity index (χ2v) is 7.84. The summed E-state index contributed by atoms with van der Waals surface area (Å²) in [6.45, 7) is 15.9. The van der Waals surface area contributed by atoms with E-state index in [2.05, 4.69) is 51.8 Å². The summed E-state index contributed by atoms with van der Waals surface area (Å²) < 4.78 is 0. The summed E-state index contributed by atoms with van der Waals surface area (Å²) in [5.74, 6) is 1.51. The lowest BCUT2D eigenvalue weighted by molar-refractivity contribution is 0.297. The maximum atomic E-state index is 4.89. The molecular formula is C17H31N3S. The van der Waals surface area contributed by atoms with Gasteiger partial charge in [0.15, 0.2) is 5.13 Å². The van der Waals surface area contributed by atoms with E-state index in [0.717, 1.165) is 24.9 Å². The number of thiazole rings is 1. The molecule has 3 nitrogen and oxygen atoms in total. The molecule has 0 spiro atoms. The molecule has 1 aliphatic rings. The number of hydrogen-bond acceptors (Lipinski definition) is 4. The van der Waals surface area contributed by atoms with Crippen LogP contribution in [0.5, 0.6) is 0 Å². The van der Waals surface area contributed by atoms with Crippen LogP contribution in [-0.4, -0.2) is 24.1 Å². The van der Waals surface area contributed by atoms with E-state index in [-0.39, 0.29) is 0 Å². The van der Waals surface area contributed by atoms with Crippen molar-refractivity contribution in [3.05, 3.63) is 10.6 Å². The minimum absolute atomic E-state index is 0.408. The van der Waals surface area contributed by atoms with Crippen molar-refractivity contribution in [2.75, 3.05) is 18.0 Å². The minimum Gasteiger partial charge on any atom is -0.345 e. The van der Waals surface area contributed by atoms with Crippen molar-refractivity contribution in [1.29, 1.82) is 0 Å². The van der Waals surface area contributed by atoms with Gasteiger partial charge in [0.05, 0.1) is 5.69 Å². The maximum absolute atomic E-state index is 4.89. The van der Waals surface area contributed by atoms with E-state index in [1.54, 1.807) is 0 Å². The van der Waals surface area contributed by atoms with E-state index in [4.69, 9.17) is 4.98 Å². The van der Waals surface area contributed by atoms with E-state index in [9.17, 15) is 0 Å². The molecule has 1 N–H and O–H groups in total. The fourth-order valence-electron chi connectivity index (χ4n) is 3.34. The zero-order chi connectivity index (χ0) is 15.6. The molecule has 4 unspecified atom stereocenters. The highest BCUT2D eigenvalue weighted by atomic mass is 32.1. The van der Waals surface area contributed by atoms with Crippen LogP contribution in [0.25, 0.3) is 0 Å². The molecule has 0 saturated carbocycles. The lowest BCUT2D eigenvalue weighted by Crippen LogP contribution is -2.45. The van der Waals surface area contributed by atoms with Crippen LogP contribution in [0.3, 0.4) is 0 Å². The fourth-order valence-corrected chi connectivity index (χ4v) is 4.53. The van der Waals surface area contributed by atoms with Crippen LogP contribution in [-0.2, 0) is 0 Å². The number of rotatable bonds is 5. The molecule has 1 aliphatic heterocycles. The smallest absolute Gasteiger partial charge is 0.186 e. The zero-order valence-corrected chi connectivity index (χ0v) is 15.3. The normalized spacial score (nSPS) is 27.9. The summed E-state index contributed by atoms with van der Waals surface area (Å²) in [6.07, 6.45) is 2.51. The average Bonchev–Trinajstić information content (AvgIpc) is 2.82. The Morgan fingerprint density at radius 1 is 1.38 bits per heavy atom. The third kappa shape index (κ3) is 3.78. The van der Waals surface area contributed by atoms with Gasteiger partial charge in [-0.3, -0.25) is 0 Å². The SMILES string of the molecule is CCCNC(C)c1sc(N2CC(C)CC(C)C2C)nc1C. The standard InChI is InChI=1S/C17H31N3S/c1-7-8-18-13(4)16-14(5)19-17(21-16)20-10-11(2)9-12(3)15(20)6/h11-13,15,18H,7-10H2,1-6H3. The molecule has 4 atom stereocenters. The zero-order valence-electron chi connectivity index (χ0n) is 14.4. The molecular weight excluding hydrogens is 278 g/mol. The van der Waals surface area contributed by atoms with Crippen molar-refractivity contribution in [3.63, 3.8) is 0 Å². The second kappa shape index (κ2) is 7.10. The molecule has 1 aromatic heterocycles. The van der Waals surface area contributed by atoms with Gasteiger partial charge in [0, 0.05) is 23.5 Å². The molecule has 120 valence electrons. The van der Waals surface area contributed by atoms with E-state index in [1.807, 2.05) is 11.3 Å². The predicted octanol–water partition coefficient (Wildman–Crippen LogP) is 4.38.